The minimum absolute atomic E-state index is 0.849. The van der Waals surface area contributed by atoms with Crippen molar-refractivity contribution >= 4 is 12.2 Å². The van der Waals surface area contributed by atoms with Crippen molar-refractivity contribution in [3.05, 3.63) is 58.6 Å². The standard InChI is InChI=1S/C12H12N2S/c1-14-9-13-8-11(12(14)15)7-10-5-3-2-4-6-10/h2-6,8-9H,7H2,1H3. The SMILES string of the molecule is Cn1cncc(Cc2ccccc2)c1=S. The molecule has 0 unspecified atom stereocenters. The summed E-state index contributed by atoms with van der Waals surface area (Å²) >= 11 is 5.32. The summed E-state index contributed by atoms with van der Waals surface area (Å²) in [7, 11) is 1.92. The Morgan fingerprint density at radius 3 is 2.73 bits per heavy atom. The van der Waals surface area contributed by atoms with E-state index >= 15 is 0 Å². The maximum absolute atomic E-state index is 5.32. The summed E-state index contributed by atoms with van der Waals surface area (Å²) in [6, 6.07) is 10.3. The minimum atomic E-state index is 0.849. The molecule has 3 heteroatoms. The lowest BCUT2D eigenvalue weighted by Crippen LogP contribution is -1.99. The summed E-state index contributed by atoms with van der Waals surface area (Å²) in [6.07, 6.45) is 4.42. The van der Waals surface area contributed by atoms with Gasteiger partial charge in [-0.2, -0.15) is 0 Å². The van der Waals surface area contributed by atoms with Crippen LogP contribution in [0, 0.1) is 4.64 Å². The highest BCUT2D eigenvalue weighted by atomic mass is 32.1. The number of aromatic nitrogens is 2. The Hall–Kier alpha value is -1.48. The van der Waals surface area contributed by atoms with Crippen LogP contribution in [-0.2, 0) is 13.5 Å². The summed E-state index contributed by atoms with van der Waals surface area (Å²) in [6.45, 7) is 0. The summed E-state index contributed by atoms with van der Waals surface area (Å²) in [5, 5.41) is 0. The molecule has 2 aromatic rings. The van der Waals surface area contributed by atoms with E-state index in [1.165, 1.54) is 5.56 Å². The number of nitrogens with zero attached hydrogens (tertiary/aromatic N) is 2. The number of benzene rings is 1. The molecule has 0 atom stereocenters. The molecule has 0 aliphatic carbocycles. The predicted molar refractivity (Wildman–Crippen MR) is 63.3 cm³/mol. The minimum Gasteiger partial charge on any atom is -0.326 e. The first-order valence-corrected chi connectivity index (χ1v) is 5.21. The molecule has 1 aromatic heterocycles. The van der Waals surface area contributed by atoms with Gasteiger partial charge in [-0.15, -0.1) is 0 Å². The average molecular weight is 216 g/mol. The Bertz CT molecular complexity index is 503. The maximum Gasteiger partial charge on any atom is 0.111 e. The van der Waals surface area contributed by atoms with Crippen molar-refractivity contribution in [2.75, 3.05) is 0 Å². The van der Waals surface area contributed by atoms with Gasteiger partial charge in [-0.05, 0) is 5.56 Å². The van der Waals surface area contributed by atoms with Crippen LogP contribution < -0.4 is 0 Å². The van der Waals surface area contributed by atoms with Crippen molar-refractivity contribution in [1.82, 2.24) is 9.55 Å². The van der Waals surface area contributed by atoms with Crippen LogP contribution in [0.3, 0.4) is 0 Å². The molecule has 76 valence electrons. The molecule has 0 bridgehead atoms. The zero-order valence-electron chi connectivity index (χ0n) is 8.55. The van der Waals surface area contributed by atoms with Gasteiger partial charge >= 0.3 is 0 Å². The average Bonchev–Trinajstić information content (AvgIpc) is 2.26. The number of aryl methyl sites for hydroxylation is 1. The zero-order chi connectivity index (χ0) is 10.7. The molecule has 0 spiro atoms. The van der Waals surface area contributed by atoms with Crippen LogP contribution >= 0.6 is 12.2 Å². The molecule has 0 radical (unpaired) electrons. The van der Waals surface area contributed by atoms with Crippen LogP contribution in [0.15, 0.2) is 42.9 Å². The van der Waals surface area contributed by atoms with Gasteiger partial charge in [0.1, 0.15) is 4.64 Å². The van der Waals surface area contributed by atoms with Crippen LogP contribution in [0.1, 0.15) is 11.1 Å². The maximum atomic E-state index is 5.32. The van der Waals surface area contributed by atoms with Gasteiger partial charge in [0.2, 0.25) is 0 Å². The molecule has 15 heavy (non-hydrogen) atoms. The Labute approximate surface area is 94.2 Å². The third kappa shape index (κ3) is 2.30. The van der Waals surface area contributed by atoms with Gasteiger partial charge in [-0.25, -0.2) is 4.98 Å². The van der Waals surface area contributed by atoms with Crippen molar-refractivity contribution in [3.63, 3.8) is 0 Å². The molecule has 0 fully saturated rings. The lowest BCUT2D eigenvalue weighted by Gasteiger charge is -2.04. The fourth-order valence-corrected chi connectivity index (χ4v) is 1.67. The van der Waals surface area contributed by atoms with Gasteiger partial charge in [0, 0.05) is 25.2 Å². The molecular weight excluding hydrogens is 204 g/mol. The molecule has 0 N–H and O–H groups in total. The Morgan fingerprint density at radius 1 is 1.27 bits per heavy atom. The number of hydrogen-bond acceptors (Lipinski definition) is 2. The van der Waals surface area contributed by atoms with Crippen LogP contribution in [0.2, 0.25) is 0 Å². The van der Waals surface area contributed by atoms with Gasteiger partial charge in [0.25, 0.3) is 0 Å². The smallest absolute Gasteiger partial charge is 0.111 e. The van der Waals surface area contributed by atoms with Crippen LogP contribution in [0.25, 0.3) is 0 Å². The van der Waals surface area contributed by atoms with Gasteiger partial charge < -0.3 is 4.57 Å². The van der Waals surface area contributed by atoms with Crippen molar-refractivity contribution in [2.45, 2.75) is 6.42 Å². The Morgan fingerprint density at radius 2 is 2.00 bits per heavy atom. The zero-order valence-corrected chi connectivity index (χ0v) is 9.37. The summed E-state index contributed by atoms with van der Waals surface area (Å²) in [5.74, 6) is 0. The van der Waals surface area contributed by atoms with E-state index in [1.807, 2.05) is 36.0 Å². The van der Waals surface area contributed by atoms with E-state index in [0.717, 1.165) is 16.6 Å². The van der Waals surface area contributed by atoms with Crippen molar-refractivity contribution < 1.29 is 0 Å². The summed E-state index contributed by atoms with van der Waals surface area (Å²) in [5.41, 5.74) is 2.36. The van der Waals surface area contributed by atoms with Gasteiger partial charge in [-0.3, -0.25) is 0 Å². The molecule has 0 saturated carbocycles. The second-order valence-corrected chi connectivity index (χ2v) is 3.88. The highest BCUT2D eigenvalue weighted by Crippen LogP contribution is 2.08. The molecule has 0 saturated heterocycles. The van der Waals surface area contributed by atoms with E-state index in [0.29, 0.717) is 0 Å². The molecular formula is C12H12N2S. The lowest BCUT2D eigenvalue weighted by molar-refractivity contribution is 0.828. The van der Waals surface area contributed by atoms with E-state index in [9.17, 15) is 0 Å². The Kier molecular flexibility index (Phi) is 2.92. The van der Waals surface area contributed by atoms with Crippen LogP contribution in [0.4, 0.5) is 0 Å². The molecule has 1 heterocycles. The highest BCUT2D eigenvalue weighted by Gasteiger charge is 1.99. The van der Waals surface area contributed by atoms with E-state index in [4.69, 9.17) is 12.2 Å². The molecule has 0 aliphatic rings. The fraction of sp³-hybridized carbons (Fsp3) is 0.167. The molecule has 1 aromatic carbocycles. The van der Waals surface area contributed by atoms with E-state index in [2.05, 4.69) is 17.1 Å². The number of hydrogen-bond donors (Lipinski definition) is 0. The fourth-order valence-electron chi connectivity index (χ4n) is 1.49. The van der Waals surface area contributed by atoms with Crippen LogP contribution in [0.5, 0.6) is 0 Å². The summed E-state index contributed by atoms with van der Waals surface area (Å²) < 4.78 is 2.72. The second-order valence-electron chi connectivity index (χ2n) is 3.50. The Balaban J connectivity index is 2.33. The van der Waals surface area contributed by atoms with Crippen molar-refractivity contribution in [1.29, 1.82) is 0 Å². The van der Waals surface area contributed by atoms with Crippen LogP contribution in [-0.4, -0.2) is 9.55 Å². The van der Waals surface area contributed by atoms with Gasteiger partial charge in [0.15, 0.2) is 0 Å². The third-order valence-electron chi connectivity index (χ3n) is 2.30. The van der Waals surface area contributed by atoms with E-state index < -0.39 is 0 Å². The highest BCUT2D eigenvalue weighted by molar-refractivity contribution is 7.71. The summed E-state index contributed by atoms with van der Waals surface area (Å²) in [4.78, 5) is 4.14. The van der Waals surface area contributed by atoms with Crippen molar-refractivity contribution in [3.8, 4) is 0 Å². The first kappa shape index (κ1) is 10.1. The quantitative estimate of drug-likeness (QED) is 0.718. The number of rotatable bonds is 2. The van der Waals surface area contributed by atoms with Gasteiger partial charge in [0.05, 0.1) is 6.33 Å². The largest absolute Gasteiger partial charge is 0.326 e. The second kappa shape index (κ2) is 4.36. The predicted octanol–water partition coefficient (Wildman–Crippen LogP) is 2.74. The first-order chi connectivity index (χ1) is 7.27. The molecule has 2 rings (SSSR count). The van der Waals surface area contributed by atoms with Crippen molar-refractivity contribution in [2.24, 2.45) is 7.05 Å². The molecule has 0 amide bonds. The normalized spacial score (nSPS) is 10.2. The monoisotopic (exact) mass is 216 g/mol. The third-order valence-corrected chi connectivity index (χ3v) is 2.85. The van der Waals surface area contributed by atoms with E-state index in [-0.39, 0.29) is 0 Å². The lowest BCUT2D eigenvalue weighted by atomic mass is 10.1. The van der Waals surface area contributed by atoms with Gasteiger partial charge in [-0.1, -0.05) is 42.5 Å². The molecule has 0 aliphatic heterocycles. The van der Waals surface area contributed by atoms with E-state index in [1.54, 1.807) is 6.33 Å². The first-order valence-electron chi connectivity index (χ1n) is 4.81. The topological polar surface area (TPSA) is 17.8 Å². The molecule has 2 nitrogen and oxygen atoms in total.